The maximum Gasteiger partial charge on any atom is 0.191 e. The van der Waals surface area contributed by atoms with Crippen LogP contribution in [-0.4, -0.2) is 55.8 Å². The number of aromatic nitrogens is 2. The van der Waals surface area contributed by atoms with Crippen LogP contribution in [0.3, 0.4) is 0 Å². The highest BCUT2D eigenvalue weighted by molar-refractivity contribution is 7.11. The molecule has 0 spiro atoms. The molecule has 0 aromatic carbocycles. The van der Waals surface area contributed by atoms with Crippen LogP contribution in [0.2, 0.25) is 0 Å². The van der Waals surface area contributed by atoms with E-state index in [2.05, 4.69) is 50.4 Å². The van der Waals surface area contributed by atoms with E-state index in [-0.39, 0.29) is 0 Å². The minimum atomic E-state index is 0.676. The molecular weight excluding hydrogens is 360 g/mol. The molecule has 3 heterocycles. The fourth-order valence-corrected chi connectivity index (χ4v) is 3.90. The van der Waals surface area contributed by atoms with Crippen molar-refractivity contribution in [2.75, 3.05) is 44.8 Å². The van der Waals surface area contributed by atoms with Crippen LogP contribution in [0.1, 0.15) is 21.1 Å². The van der Waals surface area contributed by atoms with E-state index in [0.717, 1.165) is 67.3 Å². The molecule has 2 aromatic heterocycles. The molecule has 2 aromatic rings. The molecule has 1 aliphatic rings. The monoisotopic (exact) mass is 388 g/mol. The van der Waals surface area contributed by atoms with Crippen molar-refractivity contribution in [3.63, 3.8) is 0 Å². The third-order valence-corrected chi connectivity index (χ3v) is 5.68. The Morgan fingerprint density at radius 3 is 2.81 bits per heavy atom. The van der Waals surface area contributed by atoms with Gasteiger partial charge in [-0.15, -0.1) is 11.3 Å². The molecule has 3 rings (SSSR count). The van der Waals surface area contributed by atoms with Gasteiger partial charge in [0.1, 0.15) is 5.82 Å². The number of pyridine rings is 1. The van der Waals surface area contributed by atoms with Crippen LogP contribution in [-0.2, 0) is 17.7 Å². The molecular formula is C19H28N6OS. The lowest BCUT2D eigenvalue weighted by molar-refractivity contribution is 0.122. The lowest BCUT2D eigenvalue weighted by atomic mass is 10.2. The minimum absolute atomic E-state index is 0.676. The molecule has 2 N–H and O–H groups in total. The summed E-state index contributed by atoms with van der Waals surface area (Å²) < 4.78 is 5.45. The summed E-state index contributed by atoms with van der Waals surface area (Å²) in [5.41, 5.74) is 2.29. The van der Waals surface area contributed by atoms with E-state index in [9.17, 15) is 0 Å². The van der Waals surface area contributed by atoms with E-state index in [0.29, 0.717) is 6.54 Å². The Labute approximate surface area is 164 Å². The smallest absolute Gasteiger partial charge is 0.191 e. The van der Waals surface area contributed by atoms with Gasteiger partial charge in [0.15, 0.2) is 5.96 Å². The molecule has 27 heavy (non-hydrogen) atoms. The molecule has 146 valence electrons. The second-order valence-electron chi connectivity index (χ2n) is 6.44. The summed E-state index contributed by atoms with van der Waals surface area (Å²) in [4.78, 5) is 17.1. The topological polar surface area (TPSA) is 74.7 Å². The summed E-state index contributed by atoms with van der Waals surface area (Å²) in [6, 6.07) is 4.09. The predicted octanol–water partition coefficient (Wildman–Crippen LogP) is 1.90. The maximum atomic E-state index is 5.45. The molecule has 0 saturated carbocycles. The van der Waals surface area contributed by atoms with Crippen molar-refractivity contribution in [2.45, 2.75) is 26.8 Å². The van der Waals surface area contributed by atoms with Crippen LogP contribution in [0.4, 0.5) is 5.82 Å². The number of aliphatic imine (C=N–C) groups is 1. The zero-order valence-electron chi connectivity index (χ0n) is 16.3. The highest BCUT2D eigenvalue weighted by Crippen LogP contribution is 2.18. The Bertz CT molecular complexity index is 750. The predicted molar refractivity (Wildman–Crippen MR) is 111 cm³/mol. The highest BCUT2D eigenvalue weighted by Gasteiger charge is 2.15. The van der Waals surface area contributed by atoms with Gasteiger partial charge in [-0.05, 0) is 19.9 Å². The molecule has 8 heteroatoms. The van der Waals surface area contributed by atoms with E-state index in [1.165, 1.54) is 4.88 Å². The highest BCUT2D eigenvalue weighted by atomic mass is 32.1. The maximum absolute atomic E-state index is 5.45. The van der Waals surface area contributed by atoms with Crippen molar-refractivity contribution >= 4 is 23.1 Å². The van der Waals surface area contributed by atoms with Gasteiger partial charge in [0.25, 0.3) is 0 Å². The number of nitrogens with one attached hydrogen (secondary N) is 2. The standard InChI is InChI=1S/C19H28N6OS/c1-14-15(2)27-17(24-14)6-8-22-19(20-3)23-13-16-5-4-7-21-18(16)25-9-11-26-12-10-25/h4-5,7H,6,8-13H2,1-3H3,(H2,20,22,23). The second kappa shape index (κ2) is 9.66. The molecule has 0 unspecified atom stereocenters. The Balaban J connectivity index is 1.52. The molecule has 0 radical (unpaired) electrons. The number of rotatable bonds is 6. The fourth-order valence-electron chi connectivity index (χ4n) is 2.96. The average Bonchev–Trinajstić information content (AvgIpc) is 3.03. The largest absolute Gasteiger partial charge is 0.378 e. The number of hydrogen-bond donors (Lipinski definition) is 2. The average molecular weight is 389 g/mol. The molecule has 0 atom stereocenters. The third kappa shape index (κ3) is 5.40. The zero-order valence-corrected chi connectivity index (χ0v) is 17.1. The number of hydrogen-bond acceptors (Lipinski definition) is 6. The molecule has 7 nitrogen and oxygen atoms in total. The van der Waals surface area contributed by atoms with Crippen molar-refractivity contribution in [3.05, 3.63) is 39.5 Å². The summed E-state index contributed by atoms with van der Waals surface area (Å²) in [7, 11) is 1.79. The summed E-state index contributed by atoms with van der Waals surface area (Å²) in [5.74, 6) is 1.81. The van der Waals surface area contributed by atoms with Gasteiger partial charge in [0, 0.05) is 56.3 Å². The van der Waals surface area contributed by atoms with Gasteiger partial charge in [-0.1, -0.05) is 6.07 Å². The van der Waals surface area contributed by atoms with Gasteiger partial charge in [-0.2, -0.15) is 0 Å². The van der Waals surface area contributed by atoms with E-state index < -0.39 is 0 Å². The summed E-state index contributed by atoms with van der Waals surface area (Å²) >= 11 is 1.77. The first-order valence-electron chi connectivity index (χ1n) is 9.31. The molecule has 0 bridgehead atoms. The lowest BCUT2D eigenvalue weighted by Crippen LogP contribution is -2.40. The van der Waals surface area contributed by atoms with E-state index in [1.54, 1.807) is 18.4 Å². The normalized spacial score (nSPS) is 15.1. The Morgan fingerprint density at radius 2 is 2.11 bits per heavy atom. The van der Waals surface area contributed by atoms with E-state index >= 15 is 0 Å². The van der Waals surface area contributed by atoms with Crippen LogP contribution in [0.5, 0.6) is 0 Å². The molecule has 0 amide bonds. The number of anilines is 1. The van der Waals surface area contributed by atoms with Crippen LogP contribution >= 0.6 is 11.3 Å². The second-order valence-corrected chi connectivity index (χ2v) is 7.73. The first kappa shape index (κ1) is 19.6. The zero-order chi connectivity index (χ0) is 19.1. The van der Waals surface area contributed by atoms with Crippen LogP contribution < -0.4 is 15.5 Å². The van der Waals surface area contributed by atoms with Crippen molar-refractivity contribution in [1.82, 2.24) is 20.6 Å². The minimum Gasteiger partial charge on any atom is -0.378 e. The van der Waals surface area contributed by atoms with Gasteiger partial charge < -0.3 is 20.3 Å². The Kier molecular flexibility index (Phi) is 7.00. The first-order chi connectivity index (χ1) is 13.2. The molecule has 1 saturated heterocycles. The lowest BCUT2D eigenvalue weighted by Gasteiger charge is -2.29. The van der Waals surface area contributed by atoms with Crippen molar-refractivity contribution < 1.29 is 4.74 Å². The first-order valence-corrected chi connectivity index (χ1v) is 10.1. The number of aryl methyl sites for hydroxylation is 2. The summed E-state index contributed by atoms with van der Waals surface area (Å²) in [6.45, 7) is 8.91. The van der Waals surface area contributed by atoms with Gasteiger partial charge in [0.2, 0.25) is 0 Å². The van der Waals surface area contributed by atoms with Gasteiger partial charge >= 0.3 is 0 Å². The van der Waals surface area contributed by atoms with Gasteiger partial charge in [-0.3, -0.25) is 4.99 Å². The van der Waals surface area contributed by atoms with Gasteiger partial charge in [-0.25, -0.2) is 9.97 Å². The molecule has 0 aliphatic carbocycles. The van der Waals surface area contributed by atoms with Crippen LogP contribution in [0.15, 0.2) is 23.3 Å². The number of nitrogens with zero attached hydrogens (tertiary/aromatic N) is 4. The summed E-state index contributed by atoms with van der Waals surface area (Å²) in [6.07, 6.45) is 2.74. The van der Waals surface area contributed by atoms with Crippen molar-refractivity contribution in [2.24, 2.45) is 4.99 Å². The SMILES string of the molecule is CN=C(NCCc1nc(C)c(C)s1)NCc1cccnc1N1CCOCC1. The van der Waals surface area contributed by atoms with E-state index in [4.69, 9.17) is 4.74 Å². The Morgan fingerprint density at radius 1 is 1.30 bits per heavy atom. The fraction of sp³-hybridized carbons (Fsp3) is 0.526. The molecule has 1 fully saturated rings. The number of guanidine groups is 1. The van der Waals surface area contributed by atoms with E-state index in [1.807, 2.05) is 12.3 Å². The Hall–Kier alpha value is -2.19. The number of ether oxygens (including phenoxy) is 1. The third-order valence-electron chi connectivity index (χ3n) is 4.55. The van der Waals surface area contributed by atoms with Crippen molar-refractivity contribution in [3.8, 4) is 0 Å². The van der Waals surface area contributed by atoms with Gasteiger partial charge in [0.05, 0.1) is 23.9 Å². The number of thiazole rings is 1. The van der Waals surface area contributed by atoms with Crippen LogP contribution in [0.25, 0.3) is 0 Å². The quantitative estimate of drug-likeness (QED) is 0.582. The van der Waals surface area contributed by atoms with Crippen LogP contribution in [0, 0.1) is 13.8 Å². The number of morpholine rings is 1. The molecule has 1 aliphatic heterocycles. The van der Waals surface area contributed by atoms with Crippen molar-refractivity contribution in [1.29, 1.82) is 0 Å². The summed E-state index contributed by atoms with van der Waals surface area (Å²) in [5, 5.41) is 7.92.